The molecule has 14 heteroatoms. The fraction of sp³-hybridized carbons (Fsp3) is 0.760. The van der Waals surface area contributed by atoms with Crippen LogP contribution in [0.4, 0.5) is 57.1 Å². The van der Waals surface area contributed by atoms with Gasteiger partial charge in [0, 0.05) is 6.42 Å². The molecule has 1 rings (SSSR count). The van der Waals surface area contributed by atoms with E-state index in [-0.39, 0.29) is 12.8 Å². The Balaban J connectivity index is 3.24. The van der Waals surface area contributed by atoms with Gasteiger partial charge in [-0.1, -0.05) is 82.2 Å². The normalized spacial score (nSPS) is 15.9. The number of aliphatic hydroxyl groups is 1. The summed E-state index contributed by atoms with van der Waals surface area (Å²) < 4.78 is 176. The number of benzene rings is 1. The summed E-state index contributed by atoms with van der Waals surface area (Å²) in [7, 11) is 0. The number of halogens is 13. The lowest BCUT2D eigenvalue weighted by Gasteiger charge is -2.42. The van der Waals surface area contributed by atoms with E-state index >= 15 is 0 Å². The minimum Gasteiger partial charge on any atom is -0.390 e. The Bertz CT molecular complexity index is 868. The summed E-state index contributed by atoms with van der Waals surface area (Å²) in [5.74, 6) is -37.3. The van der Waals surface area contributed by atoms with E-state index in [1.165, 1.54) is 24.3 Å². The molecule has 0 fully saturated rings. The lowest BCUT2D eigenvalue weighted by atomic mass is 9.81. The van der Waals surface area contributed by atoms with Gasteiger partial charge in [0.15, 0.2) is 0 Å². The molecule has 0 saturated carbocycles. The van der Waals surface area contributed by atoms with Crippen LogP contribution < -0.4 is 0 Å². The van der Waals surface area contributed by atoms with Gasteiger partial charge in [0.2, 0.25) is 0 Å². The monoisotopic (exact) mass is 594 g/mol. The first-order valence-corrected chi connectivity index (χ1v) is 12.3. The van der Waals surface area contributed by atoms with Crippen molar-refractivity contribution >= 4 is 0 Å². The summed E-state index contributed by atoms with van der Waals surface area (Å²) in [5, 5.41) is 10.8. The molecule has 39 heavy (non-hydrogen) atoms. The number of hydrogen-bond donors (Lipinski definition) is 1. The van der Waals surface area contributed by atoms with Crippen LogP contribution in [0.25, 0.3) is 0 Å². The molecule has 0 aromatic heterocycles. The molecule has 0 aliphatic carbocycles. The third kappa shape index (κ3) is 7.93. The molecular weight excluding hydrogens is 563 g/mol. The van der Waals surface area contributed by atoms with Crippen molar-refractivity contribution in [2.75, 3.05) is 0 Å². The van der Waals surface area contributed by atoms with Gasteiger partial charge in [0.1, 0.15) is 0 Å². The van der Waals surface area contributed by atoms with Gasteiger partial charge < -0.3 is 5.11 Å². The van der Waals surface area contributed by atoms with Crippen LogP contribution in [0.3, 0.4) is 0 Å². The fourth-order valence-corrected chi connectivity index (χ4v) is 4.06. The molecule has 0 radical (unpaired) electrons. The van der Waals surface area contributed by atoms with Crippen LogP contribution in [-0.4, -0.2) is 46.5 Å². The van der Waals surface area contributed by atoms with Gasteiger partial charge in [-0.3, -0.25) is 0 Å². The smallest absolute Gasteiger partial charge is 0.390 e. The molecule has 1 atom stereocenters. The van der Waals surface area contributed by atoms with E-state index in [0.29, 0.717) is 18.4 Å². The van der Waals surface area contributed by atoms with Crippen molar-refractivity contribution in [1.82, 2.24) is 0 Å². The minimum atomic E-state index is -7.95. The Morgan fingerprint density at radius 2 is 1.03 bits per heavy atom. The third-order valence-corrected chi connectivity index (χ3v) is 6.52. The van der Waals surface area contributed by atoms with Crippen LogP contribution in [0.5, 0.6) is 0 Å². The Morgan fingerprint density at radius 1 is 0.564 bits per heavy atom. The van der Waals surface area contributed by atoms with Crippen LogP contribution in [0.2, 0.25) is 0 Å². The largest absolute Gasteiger partial charge is 0.460 e. The molecule has 0 aliphatic heterocycles. The summed E-state index contributed by atoms with van der Waals surface area (Å²) in [6, 6.07) is 7.53. The van der Waals surface area contributed by atoms with E-state index in [4.69, 9.17) is 0 Å². The topological polar surface area (TPSA) is 20.2 Å². The predicted molar refractivity (Wildman–Crippen MR) is 118 cm³/mol. The van der Waals surface area contributed by atoms with Crippen LogP contribution in [-0.2, 0) is 6.42 Å². The average molecular weight is 594 g/mol. The summed E-state index contributed by atoms with van der Waals surface area (Å²) in [5.41, 5.74) is -2.46. The second kappa shape index (κ2) is 12.8. The van der Waals surface area contributed by atoms with Crippen LogP contribution in [0, 0.1) is 0 Å². The predicted octanol–water partition coefficient (Wildman–Crippen LogP) is 9.62. The Morgan fingerprint density at radius 3 is 1.51 bits per heavy atom. The van der Waals surface area contributed by atoms with Crippen molar-refractivity contribution in [1.29, 1.82) is 0 Å². The van der Waals surface area contributed by atoms with Crippen molar-refractivity contribution in [2.45, 2.75) is 119 Å². The molecule has 0 amide bonds. The number of alkyl halides is 13. The molecule has 1 N–H and O–H groups in total. The number of rotatable bonds is 17. The van der Waals surface area contributed by atoms with Crippen molar-refractivity contribution in [3.05, 3.63) is 35.9 Å². The van der Waals surface area contributed by atoms with Gasteiger partial charge in [0.05, 0.1) is 5.60 Å². The Kier molecular flexibility index (Phi) is 11.6. The molecule has 0 bridgehead atoms. The lowest BCUT2D eigenvalue weighted by molar-refractivity contribution is -0.441. The van der Waals surface area contributed by atoms with E-state index in [0.717, 1.165) is 25.7 Å². The van der Waals surface area contributed by atoms with E-state index in [9.17, 15) is 62.2 Å². The highest BCUT2D eigenvalue weighted by Gasteiger charge is 2.90. The van der Waals surface area contributed by atoms with Gasteiger partial charge in [-0.2, -0.15) is 57.1 Å². The SMILES string of the molecule is CCCCCCCCCC(O)(CCc1ccccc1)CC(F)(F)C(F)(F)C(F)(F)C(F)(F)C(F)(F)C(F)(F)F. The zero-order chi connectivity index (χ0) is 30.4. The fourth-order valence-electron chi connectivity index (χ4n) is 4.06. The van der Waals surface area contributed by atoms with Gasteiger partial charge in [-0.15, -0.1) is 0 Å². The quantitative estimate of drug-likeness (QED) is 0.141. The maximum absolute atomic E-state index is 14.6. The molecule has 0 heterocycles. The van der Waals surface area contributed by atoms with E-state index in [2.05, 4.69) is 0 Å². The number of aryl methyl sites for hydroxylation is 1. The number of unbranched alkanes of at least 4 members (excludes halogenated alkanes) is 6. The van der Waals surface area contributed by atoms with Gasteiger partial charge >= 0.3 is 35.8 Å². The van der Waals surface area contributed by atoms with E-state index in [1.807, 2.05) is 6.92 Å². The van der Waals surface area contributed by atoms with E-state index < -0.39 is 60.7 Å². The summed E-state index contributed by atoms with van der Waals surface area (Å²) in [4.78, 5) is 0. The zero-order valence-electron chi connectivity index (χ0n) is 21.0. The average Bonchev–Trinajstić information content (AvgIpc) is 2.81. The van der Waals surface area contributed by atoms with Crippen LogP contribution in [0.1, 0.15) is 76.7 Å². The first kappa shape index (κ1) is 35.3. The van der Waals surface area contributed by atoms with Crippen molar-refractivity contribution in [2.24, 2.45) is 0 Å². The van der Waals surface area contributed by atoms with Crippen LogP contribution >= 0.6 is 0 Å². The summed E-state index contributed by atoms with van der Waals surface area (Å²) in [6.07, 6.45) is -7.49. The molecule has 0 saturated heterocycles. The molecule has 1 unspecified atom stereocenters. The summed E-state index contributed by atoms with van der Waals surface area (Å²) >= 11 is 0. The molecule has 1 nitrogen and oxygen atoms in total. The number of hydrogen-bond acceptors (Lipinski definition) is 1. The summed E-state index contributed by atoms with van der Waals surface area (Å²) in [6.45, 7) is 1.95. The highest BCUT2D eigenvalue weighted by molar-refractivity contribution is 5.16. The molecule has 0 aliphatic rings. The lowest BCUT2D eigenvalue weighted by Crippen LogP contribution is -2.70. The highest BCUT2D eigenvalue weighted by atomic mass is 19.4. The van der Waals surface area contributed by atoms with Gasteiger partial charge in [-0.05, 0) is 24.8 Å². The van der Waals surface area contributed by atoms with Crippen molar-refractivity contribution in [3.63, 3.8) is 0 Å². The van der Waals surface area contributed by atoms with Crippen molar-refractivity contribution < 1.29 is 62.2 Å². The van der Waals surface area contributed by atoms with Gasteiger partial charge in [0.25, 0.3) is 0 Å². The second-order valence-corrected chi connectivity index (χ2v) is 9.76. The molecular formula is C25H31F13O. The molecule has 1 aromatic rings. The molecule has 0 spiro atoms. The highest BCUT2D eigenvalue weighted by Crippen LogP contribution is 2.61. The third-order valence-electron chi connectivity index (χ3n) is 6.52. The minimum absolute atomic E-state index is 0.0578. The molecule has 1 aromatic carbocycles. The zero-order valence-corrected chi connectivity index (χ0v) is 21.0. The Hall–Kier alpha value is -1.73. The maximum Gasteiger partial charge on any atom is 0.460 e. The Labute approximate surface area is 217 Å². The maximum atomic E-state index is 14.6. The first-order valence-electron chi connectivity index (χ1n) is 12.3. The van der Waals surface area contributed by atoms with Gasteiger partial charge in [-0.25, -0.2) is 0 Å². The standard InChI is InChI=1S/C25H31F13O/c1-2-3-4-5-6-7-11-15-19(39,16-14-18-12-9-8-10-13-18)17-20(26,27)21(28,29)22(30,31)23(32,33)24(34,35)25(36,37)38/h8-10,12-13,39H,2-7,11,14-17H2,1H3. The molecule has 228 valence electrons. The first-order chi connectivity index (χ1) is 17.6. The van der Waals surface area contributed by atoms with Crippen molar-refractivity contribution in [3.8, 4) is 0 Å². The van der Waals surface area contributed by atoms with Crippen LogP contribution in [0.15, 0.2) is 30.3 Å². The second-order valence-electron chi connectivity index (χ2n) is 9.76. The van der Waals surface area contributed by atoms with E-state index in [1.54, 1.807) is 6.07 Å².